The first kappa shape index (κ1) is 15.5. The molecule has 1 aliphatic carbocycles. The summed E-state index contributed by atoms with van der Waals surface area (Å²) >= 11 is 0. The van der Waals surface area contributed by atoms with Gasteiger partial charge in [-0.2, -0.15) is 0 Å². The van der Waals surface area contributed by atoms with Crippen molar-refractivity contribution in [1.29, 1.82) is 0 Å². The van der Waals surface area contributed by atoms with Crippen LogP contribution in [-0.4, -0.2) is 17.3 Å². The van der Waals surface area contributed by atoms with Crippen LogP contribution in [0.25, 0.3) is 0 Å². The summed E-state index contributed by atoms with van der Waals surface area (Å²) in [5.41, 5.74) is 1.96. The van der Waals surface area contributed by atoms with E-state index in [4.69, 9.17) is 4.74 Å². The Labute approximate surface area is 123 Å². The van der Waals surface area contributed by atoms with Gasteiger partial charge in [0.25, 0.3) is 0 Å². The highest BCUT2D eigenvalue weighted by Gasteiger charge is 2.42. The molecular weight excluding hydrogens is 248 g/mol. The third-order valence-electron chi connectivity index (χ3n) is 4.29. The van der Waals surface area contributed by atoms with Crippen molar-refractivity contribution in [3.8, 4) is 0 Å². The Morgan fingerprint density at radius 3 is 2.55 bits per heavy atom. The van der Waals surface area contributed by atoms with Gasteiger partial charge in [0.2, 0.25) is 0 Å². The van der Waals surface area contributed by atoms with E-state index in [-0.39, 0.29) is 5.60 Å². The van der Waals surface area contributed by atoms with Gasteiger partial charge in [-0.25, -0.2) is 0 Å². The van der Waals surface area contributed by atoms with Gasteiger partial charge in [0.1, 0.15) is 6.10 Å². The van der Waals surface area contributed by atoms with Gasteiger partial charge in [-0.15, -0.1) is 0 Å². The van der Waals surface area contributed by atoms with Crippen molar-refractivity contribution in [2.45, 2.75) is 64.6 Å². The smallest absolute Gasteiger partial charge is 0.108 e. The maximum Gasteiger partial charge on any atom is 0.108 e. The molecule has 0 radical (unpaired) electrons. The molecule has 0 spiro atoms. The Bertz CT molecular complexity index is 419. The van der Waals surface area contributed by atoms with E-state index in [9.17, 15) is 5.11 Å². The first-order valence-electron chi connectivity index (χ1n) is 7.98. The molecule has 2 nitrogen and oxygen atoms in total. The molecule has 1 saturated carbocycles. The van der Waals surface area contributed by atoms with Gasteiger partial charge in [0.05, 0.1) is 5.60 Å². The summed E-state index contributed by atoms with van der Waals surface area (Å²) < 4.78 is 5.98. The van der Waals surface area contributed by atoms with Gasteiger partial charge in [0.15, 0.2) is 0 Å². The van der Waals surface area contributed by atoms with Crippen molar-refractivity contribution in [2.75, 3.05) is 6.61 Å². The summed E-state index contributed by atoms with van der Waals surface area (Å²) in [7, 11) is 0. The quantitative estimate of drug-likeness (QED) is 0.841. The lowest BCUT2D eigenvalue weighted by molar-refractivity contribution is -0.118. The van der Waals surface area contributed by atoms with E-state index in [0.717, 1.165) is 37.7 Å². The molecule has 0 amide bonds. The summed E-state index contributed by atoms with van der Waals surface area (Å²) in [5, 5.41) is 10.8. The Hall–Kier alpha value is -0.860. The van der Waals surface area contributed by atoms with E-state index in [1.807, 2.05) is 13.0 Å². The standard InChI is InChI=1S/C18H28O2/c1-4-20-18(10-5-6-11-18)17(19)16-9-7-8-15(13-16)12-14(2)3/h7-9,13-14,17,19H,4-6,10-12H2,1-3H3. The first-order valence-corrected chi connectivity index (χ1v) is 7.98. The molecule has 0 aliphatic heterocycles. The van der Waals surface area contributed by atoms with Crippen LogP contribution < -0.4 is 0 Å². The predicted molar refractivity (Wildman–Crippen MR) is 82.8 cm³/mol. The van der Waals surface area contributed by atoms with Crippen LogP contribution in [0.5, 0.6) is 0 Å². The minimum Gasteiger partial charge on any atom is -0.385 e. The Kier molecular flexibility index (Phi) is 5.22. The molecule has 1 unspecified atom stereocenters. The highest BCUT2D eigenvalue weighted by Crippen LogP contribution is 2.43. The second kappa shape index (κ2) is 6.73. The zero-order chi connectivity index (χ0) is 14.6. The largest absolute Gasteiger partial charge is 0.385 e. The van der Waals surface area contributed by atoms with E-state index in [1.54, 1.807) is 0 Å². The number of hydrogen-bond acceptors (Lipinski definition) is 2. The van der Waals surface area contributed by atoms with E-state index in [2.05, 4.69) is 32.0 Å². The minimum absolute atomic E-state index is 0.356. The molecule has 112 valence electrons. The number of rotatable bonds is 6. The molecule has 1 aromatic rings. The zero-order valence-electron chi connectivity index (χ0n) is 13.1. The molecule has 1 aromatic carbocycles. The number of aliphatic hydroxyl groups excluding tert-OH is 1. The van der Waals surface area contributed by atoms with Crippen molar-refractivity contribution >= 4 is 0 Å². The Morgan fingerprint density at radius 1 is 1.25 bits per heavy atom. The molecule has 1 atom stereocenters. The molecule has 0 aromatic heterocycles. The fourth-order valence-electron chi connectivity index (χ4n) is 3.42. The van der Waals surface area contributed by atoms with E-state index >= 15 is 0 Å². The maximum atomic E-state index is 10.8. The van der Waals surface area contributed by atoms with Crippen molar-refractivity contribution < 1.29 is 9.84 Å². The lowest BCUT2D eigenvalue weighted by Crippen LogP contribution is -2.36. The second-order valence-corrected chi connectivity index (χ2v) is 6.45. The summed E-state index contributed by atoms with van der Waals surface area (Å²) in [6.45, 7) is 7.13. The van der Waals surface area contributed by atoms with Crippen LogP contribution in [0.4, 0.5) is 0 Å². The molecule has 0 heterocycles. The normalized spacial score (nSPS) is 19.4. The van der Waals surface area contributed by atoms with Crippen LogP contribution in [0.1, 0.15) is 63.7 Å². The molecule has 1 N–H and O–H groups in total. The average Bonchev–Trinajstić information content (AvgIpc) is 2.87. The summed E-state index contributed by atoms with van der Waals surface area (Å²) in [6.07, 6.45) is 4.80. The summed E-state index contributed by atoms with van der Waals surface area (Å²) in [6, 6.07) is 8.40. The Morgan fingerprint density at radius 2 is 1.95 bits per heavy atom. The molecule has 20 heavy (non-hydrogen) atoms. The first-order chi connectivity index (χ1) is 9.57. The second-order valence-electron chi connectivity index (χ2n) is 6.45. The maximum absolute atomic E-state index is 10.8. The highest BCUT2D eigenvalue weighted by molar-refractivity contribution is 5.27. The van der Waals surface area contributed by atoms with Gasteiger partial charge in [-0.3, -0.25) is 0 Å². The van der Waals surface area contributed by atoms with Crippen LogP contribution in [0.15, 0.2) is 24.3 Å². The van der Waals surface area contributed by atoms with E-state index in [0.29, 0.717) is 12.5 Å². The van der Waals surface area contributed by atoms with Gasteiger partial charge in [0, 0.05) is 6.61 Å². The molecule has 1 aliphatic rings. The molecular formula is C18H28O2. The van der Waals surface area contributed by atoms with E-state index < -0.39 is 6.10 Å². The van der Waals surface area contributed by atoms with Crippen LogP contribution in [0, 0.1) is 5.92 Å². The molecule has 1 fully saturated rings. The van der Waals surface area contributed by atoms with Crippen LogP contribution in [0.3, 0.4) is 0 Å². The lowest BCUT2D eigenvalue weighted by atomic mass is 9.88. The van der Waals surface area contributed by atoms with Crippen LogP contribution in [-0.2, 0) is 11.2 Å². The number of ether oxygens (including phenoxy) is 1. The van der Waals surface area contributed by atoms with Crippen molar-refractivity contribution in [1.82, 2.24) is 0 Å². The Balaban J connectivity index is 2.20. The average molecular weight is 276 g/mol. The van der Waals surface area contributed by atoms with Crippen molar-refractivity contribution in [3.63, 3.8) is 0 Å². The fourth-order valence-corrected chi connectivity index (χ4v) is 3.42. The summed E-state index contributed by atoms with van der Waals surface area (Å²) in [4.78, 5) is 0. The van der Waals surface area contributed by atoms with Gasteiger partial charge >= 0.3 is 0 Å². The summed E-state index contributed by atoms with van der Waals surface area (Å²) in [5.74, 6) is 0.634. The van der Waals surface area contributed by atoms with E-state index in [1.165, 1.54) is 5.56 Å². The molecule has 2 rings (SSSR count). The minimum atomic E-state index is -0.503. The monoisotopic (exact) mass is 276 g/mol. The van der Waals surface area contributed by atoms with Gasteiger partial charge in [-0.05, 0) is 43.2 Å². The third kappa shape index (κ3) is 3.42. The van der Waals surface area contributed by atoms with Gasteiger partial charge < -0.3 is 9.84 Å². The van der Waals surface area contributed by atoms with Crippen molar-refractivity contribution in [3.05, 3.63) is 35.4 Å². The molecule has 0 saturated heterocycles. The molecule has 2 heteroatoms. The SMILES string of the molecule is CCOC1(C(O)c2cccc(CC(C)C)c2)CCCC1. The third-order valence-corrected chi connectivity index (χ3v) is 4.29. The lowest BCUT2D eigenvalue weighted by Gasteiger charge is -2.34. The van der Waals surface area contributed by atoms with Crippen molar-refractivity contribution in [2.24, 2.45) is 5.92 Å². The number of aliphatic hydroxyl groups is 1. The number of hydrogen-bond donors (Lipinski definition) is 1. The fraction of sp³-hybridized carbons (Fsp3) is 0.667. The van der Waals surface area contributed by atoms with Crippen LogP contribution >= 0.6 is 0 Å². The molecule has 0 bridgehead atoms. The van der Waals surface area contributed by atoms with Gasteiger partial charge in [-0.1, -0.05) is 51.0 Å². The zero-order valence-corrected chi connectivity index (χ0v) is 13.1. The predicted octanol–water partition coefficient (Wildman–Crippen LogP) is 4.27. The topological polar surface area (TPSA) is 29.5 Å². The highest BCUT2D eigenvalue weighted by atomic mass is 16.5. The number of benzene rings is 1. The van der Waals surface area contributed by atoms with Crippen LogP contribution in [0.2, 0.25) is 0 Å².